The van der Waals surface area contributed by atoms with E-state index in [4.69, 9.17) is 46.4 Å². The monoisotopic (exact) mass is 719 g/mol. The van der Waals surface area contributed by atoms with Gasteiger partial charge in [-0.3, -0.25) is 14.4 Å². The van der Waals surface area contributed by atoms with E-state index in [9.17, 15) is 14.4 Å². The van der Waals surface area contributed by atoms with E-state index in [-0.39, 0.29) is 16.6 Å². The van der Waals surface area contributed by atoms with E-state index in [0.717, 1.165) is 10.5 Å². The third-order valence-electron chi connectivity index (χ3n) is 6.73. The van der Waals surface area contributed by atoms with Crippen molar-refractivity contribution in [3.05, 3.63) is 164 Å². The minimum Gasteiger partial charge on any atom is -0.323 e. The average molecular weight is 721 g/mol. The summed E-state index contributed by atoms with van der Waals surface area (Å²) < 4.78 is 0. The van der Waals surface area contributed by atoms with E-state index in [1.165, 1.54) is 17.8 Å². The molecule has 47 heavy (non-hydrogen) atoms. The predicted octanol–water partition coefficient (Wildman–Crippen LogP) is 10.2. The third kappa shape index (κ3) is 8.98. The molecule has 0 spiro atoms. The molecule has 236 valence electrons. The number of carbonyl (C=O) groups excluding carboxylic acids is 3. The molecule has 0 saturated carbocycles. The Morgan fingerprint density at radius 3 is 1.89 bits per heavy atom. The summed E-state index contributed by atoms with van der Waals surface area (Å²) in [6, 6.07) is 34.8. The highest BCUT2D eigenvalue weighted by atomic mass is 35.5. The molecule has 0 saturated heterocycles. The van der Waals surface area contributed by atoms with Crippen LogP contribution in [0.2, 0.25) is 20.1 Å². The van der Waals surface area contributed by atoms with Gasteiger partial charge in [0.15, 0.2) is 0 Å². The summed E-state index contributed by atoms with van der Waals surface area (Å²) in [4.78, 5) is 40.8. The number of benzene rings is 5. The Morgan fingerprint density at radius 2 is 1.23 bits per heavy atom. The van der Waals surface area contributed by atoms with Gasteiger partial charge in [0.25, 0.3) is 11.8 Å². The summed E-state index contributed by atoms with van der Waals surface area (Å²) in [6.45, 7) is 0. The van der Waals surface area contributed by atoms with Crippen molar-refractivity contribution in [2.24, 2.45) is 0 Å². The van der Waals surface area contributed by atoms with Crippen LogP contribution in [0.1, 0.15) is 26.7 Å². The Morgan fingerprint density at radius 1 is 0.638 bits per heavy atom. The largest absolute Gasteiger partial charge is 0.323 e. The van der Waals surface area contributed by atoms with E-state index < -0.39 is 17.1 Å². The number of hydrogen-bond donors (Lipinski definition) is 3. The molecular formula is C36H25Cl4N3O3S. The molecule has 0 aliphatic rings. The fraction of sp³-hybridized carbons (Fsp3) is 0.0278. The molecule has 6 nitrogen and oxygen atoms in total. The maximum Gasteiger partial charge on any atom is 0.272 e. The molecule has 0 heterocycles. The lowest BCUT2D eigenvalue weighted by atomic mass is 10.1. The zero-order valence-electron chi connectivity index (χ0n) is 24.3. The minimum absolute atomic E-state index is 0.0622. The number of halogens is 4. The zero-order valence-corrected chi connectivity index (χ0v) is 28.2. The molecule has 1 unspecified atom stereocenters. The molecule has 0 aliphatic carbocycles. The van der Waals surface area contributed by atoms with Gasteiger partial charge >= 0.3 is 0 Å². The lowest BCUT2D eigenvalue weighted by Gasteiger charge is -2.18. The number of carbonyl (C=O) groups is 3. The lowest BCUT2D eigenvalue weighted by Crippen LogP contribution is -2.30. The van der Waals surface area contributed by atoms with Crippen molar-refractivity contribution in [2.75, 3.05) is 10.6 Å². The van der Waals surface area contributed by atoms with Gasteiger partial charge in [-0.2, -0.15) is 0 Å². The van der Waals surface area contributed by atoms with Gasteiger partial charge in [-0.15, -0.1) is 11.8 Å². The van der Waals surface area contributed by atoms with Crippen LogP contribution in [0.25, 0.3) is 6.08 Å². The first-order chi connectivity index (χ1) is 22.7. The van der Waals surface area contributed by atoms with Crippen LogP contribution in [0, 0.1) is 0 Å². The molecule has 3 amide bonds. The van der Waals surface area contributed by atoms with Crippen LogP contribution in [0.5, 0.6) is 0 Å². The highest BCUT2D eigenvalue weighted by molar-refractivity contribution is 8.00. The van der Waals surface area contributed by atoms with E-state index in [1.807, 2.05) is 30.3 Å². The number of anilines is 2. The molecule has 5 aromatic carbocycles. The van der Waals surface area contributed by atoms with Crippen LogP contribution in [0.15, 0.2) is 132 Å². The van der Waals surface area contributed by atoms with Gasteiger partial charge in [0.2, 0.25) is 5.91 Å². The fourth-order valence-corrected chi connectivity index (χ4v) is 6.26. The Labute approximate surface area is 296 Å². The predicted molar refractivity (Wildman–Crippen MR) is 194 cm³/mol. The normalized spacial score (nSPS) is 11.8. The smallest absolute Gasteiger partial charge is 0.272 e. The first kappa shape index (κ1) is 34.1. The molecule has 0 radical (unpaired) electrons. The number of nitrogens with one attached hydrogen (secondary N) is 3. The van der Waals surface area contributed by atoms with Crippen molar-refractivity contribution in [1.82, 2.24) is 5.32 Å². The first-order valence-electron chi connectivity index (χ1n) is 14.1. The lowest BCUT2D eigenvalue weighted by molar-refractivity contribution is -0.116. The third-order valence-corrected chi connectivity index (χ3v) is 9.48. The highest BCUT2D eigenvalue weighted by Crippen LogP contribution is 2.38. The SMILES string of the molecule is O=C(Nc1ccc(SC(C(=O)Nc2cccc(Cl)c2Cl)c2ccccc2)cc1)/C(=C/c1c(Cl)cccc1Cl)NC(=O)c1ccccc1. The molecule has 3 N–H and O–H groups in total. The number of amides is 3. The van der Waals surface area contributed by atoms with Crippen LogP contribution >= 0.6 is 58.2 Å². The molecule has 11 heteroatoms. The van der Waals surface area contributed by atoms with Gasteiger partial charge in [0.05, 0.1) is 15.7 Å². The van der Waals surface area contributed by atoms with E-state index in [2.05, 4.69) is 16.0 Å². The van der Waals surface area contributed by atoms with Gasteiger partial charge in [0.1, 0.15) is 10.9 Å². The van der Waals surface area contributed by atoms with Crippen molar-refractivity contribution in [3.63, 3.8) is 0 Å². The first-order valence-corrected chi connectivity index (χ1v) is 16.5. The van der Waals surface area contributed by atoms with Gasteiger partial charge in [0, 0.05) is 31.8 Å². The summed E-state index contributed by atoms with van der Waals surface area (Å²) in [5, 5.41) is 8.96. The van der Waals surface area contributed by atoms with Crippen molar-refractivity contribution in [3.8, 4) is 0 Å². The van der Waals surface area contributed by atoms with E-state index in [0.29, 0.717) is 37.6 Å². The molecule has 5 rings (SSSR count). The van der Waals surface area contributed by atoms with E-state index in [1.54, 1.807) is 91.0 Å². The van der Waals surface area contributed by atoms with Crippen LogP contribution in [0.4, 0.5) is 11.4 Å². The van der Waals surface area contributed by atoms with Gasteiger partial charge in [-0.1, -0.05) is 107 Å². The average Bonchev–Trinajstić information content (AvgIpc) is 3.08. The summed E-state index contributed by atoms with van der Waals surface area (Å²) >= 11 is 26.5. The van der Waals surface area contributed by atoms with E-state index >= 15 is 0 Å². The number of hydrogen-bond acceptors (Lipinski definition) is 4. The van der Waals surface area contributed by atoms with Gasteiger partial charge < -0.3 is 16.0 Å². The second-order valence-corrected chi connectivity index (χ2v) is 12.8. The highest BCUT2D eigenvalue weighted by Gasteiger charge is 2.24. The number of rotatable bonds is 10. The molecule has 5 aromatic rings. The molecule has 0 aromatic heterocycles. The summed E-state index contributed by atoms with van der Waals surface area (Å²) in [7, 11) is 0. The molecular weight excluding hydrogens is 696 g/mol. The molecule has 1 atom stereocenters. The minimum atomic E-state index is -0.630. The quantitative estimate of drug-likeness (QED) is 0.0990. The zero-order chi connectivity index (χ0) is 33.3. The van der Waals surface area contributed by atoms with Crippen LogP contribution in [-0.4, -0.2) is 17.7 Å². The second-order valence-electron chi connectivity index (χ2n) is 9.99. The molecule has 0 bridgehead atoms. The molecule has 0 aliphatic heterocycles. The Kier molecular flexibility index (Phi) is 11.6. The van der Waals surface area contributed by atoms with Crippen LogP contribution in [-0.2, 0) is 9.59 Å². The fourth-order valence-electron chi connectivity index (χ4n) is 4.39. The topological polar surface area (TPSA) is 87.3 Å². The Hall–Kier alpha value is -4.24. The second kappa shape index (κ2) is 16.0. The summed E-state index contributed by atoms with van der Waals surface area (Å²) in [5.74, 6) is -1.36. The van der Waals surface area contributed by atoms with Crippen LogP contribution in [0.3, 0.4) is 0 Å². The molecule has 0 fully saturated rings. The maximum atomic E-state index is 13.5. The summed E-state index contributed by atoms with van der Waals surface area (Å²) in [5.41, 5.74) is 2.33. The summed E-state index contributed by atoms with van der Waals surface area (Å²) in [6.07, 6.45) is 1.43. The van der Waals surface area contributed by atoms with Crippen molar-refractivity contribution in [1.29, 1.82) is 0 Å². The number of thioether (sulfide) groups is 1. The van der Waals surface area contributed by atoms with Crippen molar-refractivity contribution < 1.29 is 14.4 Å². The Balaban J connectivity index is 1.35. The van der Waals surface area contributed by atoms with Gasteiger partial charge in [-0.05, 0) is 72.3 Å². The standard InChI is InChI=1S/C36H25Cl4N3O3S/c37-27-13-7-14-28(38)26(27)21-31(43-34(44)23-11-5-2-6-12-23)35(45)41-24-17-19-25(20-18-24)47-33(22-9-3-1-4-10-22)36(46)42-30-16-8-15-29(39)32(30)40/h1-21,33H,(H,41,45)(H,42,46)(H,43,44)/b31-21-. The Bertz CT molecular complexity index is 1920. The van der Waals surface area contributed by atoms with Crippen LogP contribution < -0.4 is 16.0 Å². The van der Waals surface area contributed by atoms with Crippen molar-refractivity contribution in [2.45, 2.75) is 10.1 Å². The maximum absolute atomic E-state index is 13.5. The van der Waals surface area contributed by atoms with Crippen molar-refractivity contribution >= 4 is 93.3 Å². The van der Waals surface area contributed by atoms with Gasteiger partial charge in [-0.25, -0.2) is 0 Å².